The summed E-state index contributed by atoms with van der Waals surface area (Å²) < 4.78 is 9.91. The average molecular weight is 459 g/mol. The van der Waals surface area contributed by atoms with E-state index in [4.69, 9.17) is 21.1 Å². The van der Waals surface area contributed by atoms with Crippen LogP contribution in [0.5, 0.6) is 0 Å². The zero-order valence-electron chi connectivity index (χ0n) is 18.1. The lowest BCUT2D eigenvalue weighted by molar-refractivity contribution is 0.0517. The molecule has 0 fully saturated rings. The molecule has 4 heterocycles. The Bertz CT molecular complexity index is 1350. The summed E-state index contributed by atoms with van der Waals surface area (Å²) in [6.07, 6.45) is 3.08. The molecule has 10 heteroatoms. The van der Waals surface area contributed by atoms with Crippen LogP contribution in [0.1, 0.15) is 46.0 Å². The van der Waals surface area contributed by atoms with Crippen molar-refractivity contribution in [3.8, 4) is 0 Å². The van der Waals surface area contributed by atoms with Crippen molar-refractivity contribution in [1.82, 2.24) is 19.9 Å². The topological polar surface area (TPSA) is 130 Å². The number of esters is 2. The van der Waals surface area contributed by atoms with Crippen molar-refractivity contribution >= 4 is 45.6 Å². The van der Waals surface area contributed by atoms with Crippen molar-refractivity contribution in [2.24, 2.45) is 0 Å². The van der Waals surface area contributed by atoms with Crippen LogP contribution in [0.3, 0.4) is 0 Å². The summed E-state index contributed by atoms with van der Waals surface area (Å²) >= 11 is 6.00. The van der Waals surface area contributed by atoms with E-state index in [1.54, 1.807) is 40.0 Å². The smallest absolute Gasteiger partial charge is 0.342 e. The number of aromatic amines is 3. The van der Waals surface area contributed by atoms with Gasteiger partial charge in [0.25, 0.3) is 0 Å². The van der Waals surface area contributed by atoms with E-state index >= 15 is 0 Å². The highest BCUT2D eigenvalue weighted by atomic mass is 35.5. The molecule has 0 bridgehead atoms. The lowest BCUT2D eigenvalue weighted by Crippen LogP contribution is -2.06. The molecule has 4 rings (SSSR count). The van der Waals surface area contributed by atoms with Gasteiger partial charge in [0.05, 0.1) is 29.3 Å². The van der Waals surface area contributed by atoms with Gasteiger partial charge < -0.3 is 24.4 Å². The molecule has 0 saturated carbocycles. The minimum atomic E-state index is -0.423. The molecule has 0 aromatic carbocycles. The second-order valence-electron chi connectivity index (χ2n) is 6.80. The second-order valence-corrected chi connectivity index (χ2v) is 7.21. The molecule has 0 amide bonds. The Morgan fingerprint density at radius 1 is 0.938 bits per heavy atom. The Labute approximate surface area is 188 Å². The third kappa shape index (κ3) is 4.38. The van der Waals surface area contributed by atoms with Crippen LogP contribution in [-0.2, 0) is 9.47 Å². The third-order valence-corrected chi connectivity index (χ3v) is 4.99. The van der Waals surface area contributed by atoms with E-state index in [0.717, 1.165) is 0 Å². The number of hydrogen-bond acceptors (Lipinski definition) is 6. The number of H-pyrrole nitrogens is 3. The van der Waals surface area contributed by atoms with Crippen molar-refractivity contribution in [3.63, 3.8) is 0 Å². The minimum absolute atomic E-state index is 0.146. The summed E-state index contributed by atoms with van der Waals surface area (Å²) in [5.41, 5.74) is 4.20. The molecule has 168 valence electrons. The summed E-state index contributed by atoms with van der Waals surface area (Å²) in [4.78, 5) is 47.9. The van der Waals surface area contributed by atoms with Gasteiger partial charge in [0.15, 0.2) is 0 Å². The van der Waals surface area contributed by atoms with Crippen LogP contribution in [0, 0.1) is 13.8 Å². The SMILES string of the molecule is CCOC(=O)c1c(C)[nH]c2c(=O)cc[nH]c12.CCOC(=O)c1c(C)[nH]c2c(Cl)ccnc12. The molecule has 32 heavy (non-hydrogen) atoms. The van der Waals surface area contributed by atoms with E-state index in [1.807, 2.05) is 0 Å². The van der Waals surface area contributed by atoms with Crippen molar-refractivity contribution < 1.29 is 19.1 Å². The molecule has 0 atom stereocenters. The van der Waals surface area contributed by atoms with Gasteiger partial charge in [0, 0.05) is 29.8 Å². The number of halogens is 1. The zero-order valence-corrected chi connectivity index (χ0v) is 18.8. The van der Waals surface area contributed by atoms with Gasteiger partial charge in [0.1, 0.15) is 22.2 Å². The molecule has 0 aliphatic heterocycles. The molecule has 0 unspecified atom stereocenters. The maximum atomic E-state index is 11.7. The standard InChI is InChI=1S/C11H11ClN2O2.C11H12N2O3/c1-3-16-11(15)8-6(2)14-9-7(12)4-5-13-10(8)9;1-3-16-11(15)8-6(2)13-9-7(14)4-5-12-10(8)9/h4-5,14H,3H2,1-2H3;4-5,13H,3H2,1-2H3,(H,12,14). The predicted molar refractivity (Wildman–Crippen MR) is 121 cm³/mol. The predicted octanol–water partition coefficient (Wildman–Crippen LogP) is 4.04. The van der Waals surface area contributed by atoms with E-state index in [2.05, 4.69) is 19.9 Å². The van der Waals surface area contributed by atoms with Crippen molar-refractivity contribution in [2.45, 2.75) is 27.7 Å². The maximum Gasteiger partial charge on any atom is 0.342 e. The Hall–Kier alpha value is -3.59. The molecule has 4 aromatic heterocycles. The second kappa shape index (κ2) is 9.69. The monoisotopic (exact) mass is 458 g/mol. The highest BCUT2D eigenvalue weighted by molar-refractivity contribution is 6.35. The van der Waals surface area contributed by atoms with E-state index in [0.29, 0.717) is 62.8 Å². The van der Waals surface area contributed by atoms with Crippen LogP contribution < -0.4 is 5.43 Å². The van der Waals surface area contributed by atoms with Crippen LogP contribution in [0.15, 0.2) is 29.3 Å². The van der Waals surface area contributed by atoms with Crippen molar-refractivity contribution in [1.29, 1.82) is 0 Å². The quantitative estimate of drug-likeness (QED) is 0.395. The normalized spacial score (nSPS) is 10.7. The van der Waals surface area contributed by atoms with Gasteiger partial charge in [-0.05, 0) is 33.8 Å². The Balaban J connectivity index is 0.000000181. The van der Waals surface area contributed by atoms with Gasteiger partial charge >= 0.3 is 11.9 Å². The fourth-order valence-electron chi connectivity index (χ4n) is 3.32. The number of nitrogens with zero attached hydrogens (tertiary/aromatic N) is 1. The number of carbonyl (C=O) groups excluding carboxylic acids is 2. The molecule has 9 nitrogen and oxygen atoms in total. The number of nitrogens with one attached hydrogen (secondary N) is 3. The van der Waals surface area contributed by atoms with Gasteiger partial charge in [-0.2, -0.15) is 0 Å². The molecule has 3 N–H and O–H groups in total. The summed E-state index contributed by atoms with van der Waals surface area (Å²) in [5.74, 6) is -0.797. The first-order chi connectivity index (χ1) is 15.3. The maximum absolute atomic E-state index is 11.7. The fourth-order valence-corrected chi connectivity index (χ4v) is 3.52. The minimum Gasteiger partial charge on any atom is -0.462 e. The first-order valence-corrected chi connectivity index (χ1v) is 10.3. The highest BCUT2D eigenvalue weighted by Crippen LogP contribution is 2.26. The molecular weight excluding hydrogens is 436 g/mol. The molecule has 0 radical (unpaired) electrons. The number of hydrogen-bond donors (Lipinski definition) is 3. The molecule has 0 saturated heterocycles. The third-order valence-electron chi connectivity index (χ3n) is 4.68. The molecular formula is C22H23ClN4O5. The van der Waals surface area contributed by atoms with Gasteiger partial charge in [0.2, 0.25) is 5.43 Å². The Morgan fingerprint density at radius 3 is 2.19 bits per heavy atom. The van der Waals surface area contributed by atoms with Crippen LogP contribution in [0.25, 0.3) is 22.1 Å². The van der Waals surface area contributed by atoms with Gasteiger partial charge in [-0.3, -0.25) is 9.78 Å². The number of fused-ring (bicyclic) bond motifs is 2. The lowest BCUT2D eigenvalue weighted by atomic mass is 10.2. The van der Waals surface area contributed by atoms with Crippen LogP contribution in [0.2, 0.25) is 5.02 Å². The van der Waals surface area contributed by atoms with Crippen molar-refractivity contribution in [3.05, 3.63) is 62.3 Å². The fraction of sp³-hybridized carbons (Fsp3) is 0.273. The Kier molecular flexibility index (Phi) is 6.99. The summed E-state index contributed by atoms with van der Waals surface area (Å²) in [6.45, 7) is 7.69. The zero-order chi connectivity index (χ0) is 23.4. The molecule has 4 aromatic rings. The first kappa shape index (κ1) is 23.1. The summed E-state index contributed by atoms with van der Waals surface area (Å²) in [5, 5.41) is 0.545. The van der Waals surface area contributed by atoms with Crippen LogP contribution >= 0.6 is 11.6 Å². The number of aromatic nitrogens is 4. The number of aryl methyl sites for hydroxylation is 2. The van der Waals surface area contributed by atoms with Crippen molar-refractivity contribution in [2.75, 3.05) is 13.2 Å². The Morgan fingerprint density at radius 2 is 1.53 bits per heavy atom. The first-order valence-electron chi connectivity index (χ1n) is 9.97. The number of pyridine rings is 2. The number of ether oxygens (including phenoxy) is 2. The number of rotatable bonds is 4. The summed E-state index contributed by atoms with van der Waals surface area (Å²) in [7, 11) is 0. The average Bonchev–Trinajstić information content (AvgIpc) is 3.26. The van der Waals surface area contributed by atoms with Crippen LogP contribution in [-0.4, -0.2) is 45.1 Å². The molecule has 0 aliphatic carbocycles. The van der Waals surface area contributed by atoms with E-state index in [9.17, 15) is 14.4 Å². The van der Waals surface area contributed by atoms with Gasteiger partial charge in [-0.1, -0.05) is 11.6 Å². The molecule has 0 aliphatic rings. The largest absolute Gasteiger partial charge is 0.462 e. The summed E-state index contributed by atoms with van der Waals surface area (Å²) in [6, 6.07) is 3.09. The van der Waals surface area contributed by atoms with Gasteiger partial charge in [-0.25, -0.2) is 9.59 Å². The van der Waals surface area contributed by atoms with Gasteiger partial charge in [-0.15, -0.1) is 0 Å². The van der Waals surface area contributed by atoms with E-state index in [-0.39, 0.29) is 11.4 Å². The van der Waals surface area contributed by atoms with Crippen LogP contribution in [0.4, 0.5) is 0 Å². The lowest BCUT2D eigenvalue weighted by Gasteiger charge is -2.00. The van der Waals surface area contributed by atoms with E-state index in [1.165, 1.54) is 12.3 Å². The highest BCUT2D eigenvalue weighted by Gasteiger charge is 2.20. The molecule has 0 spiro atoms. The van der Waals surface area contributed by atoms with E-state index < -0.39 is 5.97 Å². The number of carbonyl (C=O) groups is 2.